The molecule has 1 heterocycles. The van der Waals surface area contributed by atoms with E-state index in [1.54, 1.807) is 0 Å². The molecule has 18 heavy (non-hydrogen) atoms. The van der Waals surface area contributed by atoms with Gasteiger partial charge in [-0.1, -0.05) is 6.07 Å². The third-order valence-electron chi connectivity index (χ3n) is 3.71. The lowest BCUT2D eigenvalue weighted by molar-refractivity contribution is 0.0406. The van der Waals surface area contributed by atoms with Crippen molar-refractivity contribution in [1.29, 1.82) is 5.26 Å². The van der Waals surface area contributed by atoms with Gasteiger partial charge in [0.1, 0.15) is 0 Å². The van der Waals surface area contributed by atoms with Gasteiger partial charge in [0.2, 0.25) is 0 Å². The van der Waals surface area contributed by atoms with E-state index >= 15 is 0 Å². The molecule has 0 radical (unpaired) electrons. The molecule has 0 spiro atoms. The number of benzene rings is 1. The Hall–Kier alpha value is -1.37. The van der Waals surface area contributed by atoms with Gasteiger partial charge in [-0.15, -0.1) is 0 Å². The lowest BCUT2D eigenvalue weighted by atomic mass is 10.0. The first-order valence-corrected chi connectivity index (χ1v) is 6.48. The van der Waals surface area contributed by atoms with E-state index in [0.29, 0.717) is 6.04 Å². The molecule has 1 aliphatic heterocycles. The molecule has 1 aliphatic rings. The van der Waals surface area contributed by atoms with Gasteiger partial charge in [0.05, 0.1) is 11.6 Å². The molecule has 0 unspecified atom stereocenters. The van der Waals surface area contributed by atoms with E-state index in [1.807, 2.05) is 12.1 Å². The fourth-order valence-corrected chi connectivity index (χ4v) is 2.47. The zero-order valence-electron chi connectivity index (χ0n) is 11.1. The highest BCUT2D eigenvalue weighted by atomic mass is 16.5. The molecule has 1 aromatic carbocycles. The molecule has 0 aliphatic carbocycles. The zero-order chi connectivity index (χ0) is 13.0. The van der Waals surface area contributed by atoms with E-state index in [2.05, 4.69) is 31.0 Å². The first kappa shape index (κ1) is 13.1. The van der Waals surface area contributed by atoms with Crippen molar-refractivity contribution in [3.63, 3.8) is 0 Å². The van der Waals surface area contributed by atoms with Crippen LogP contribution in [0.5, 0.6) is 0 Å². The maximum absolute atomic E-state index is 8.86. The van der Waals surface area contributed by atoms with E-state index in [0.717, 1.165) is 38.2 Å². The number of ether oxygens (including phenoxy) is 1. The molecule has 0 aromatic heterocycles. The minimum atomic E-state index is 0.619. The second-order valence-electron chi connectivity index (χ2n) is 5.01. The normalized spacial score (nSPS) is 16.8. The number of hydrogen-bond acceptors (Lipinski definition) is 3. The van der Waals surface area contributed by atoms with Crippen LogP contribution in [0.3, 0.4) is 0 Å². The van der Waals surface area contributed by atoms with E-state index < -0.39 is 0 Å². The summed E-state index contributed by atoms with van der Waals surface area (Å²) < 4.78 is 5.39. The highest BCUT2D eigenvalue weighted by Crippen LogP contribution is 2.18. The SMILES string of the molecule is Cc1cc(C#N)ccc1CN(C)C1CCOCC1. The number of nitrogens with zero attached hydrogens (tertiary/aromatic N) is 2. The molecule has 1 aromatic rings. The molecule has 0 amide bonds. The highest BCUT2D eigenvalue weighted by Gasteiger charge is 2.18. The Labute approximate surface area is 109 Å². The Kier molecular flexibility index (Phi) is 4.35. The Balaban J connectivity index is 2.02. The molecule has 0 bridgehead atoms. The summed E-state index contributed by atoms with van der Waals surface area (Å²) in [7, 11) is 2.17. The maximum atomic E-state index is 8.86. The average molecular weight is 244 g/mol. The van der Waals surface area contributed by atoms with Gasteiger partial charge < -0.3 is 4.74 Å². The molecule has 96 valence electrons. The Morgan fingerprint density at radius 3 is 2.72 bits per heavy atom. The fraction of sp³-hybridized carbons (Fsp3) is 0.533. The van der Waals surface area contributed by atoms with Crippen molar-refractivity contribution >= 4 is 0 Å². The van der Waals surface area contributed by atoms with Crippen LogP contribution in [0, 0.1) is 18.3 Å². The third-order valence-corrected chi connectivity index (χ3v) is 3.71. The summed E-state index contributed by atoms with van der Waals surface area (Å²) in [5.41, 5.74) is 3.25. The topological polar surface area (TPSA) is 36.3 Å². The Morgan fingerprint density at radius 1 is 1.39 bits per heavy atom. The molecule has 0 atom stereocenters. The summed E-state index contributed by atoms with van der Waals surface area (Å²) in [6.07, 6.45) is 2.23. The van der Waals surface area contributed by atoms with Crippen LogP contribution in [0.15, 0.2) is 18.2 Å². The number of rotatable bonds is 3. The number of hydrogen-bond donors (Lipinski definition) is 0. The van der Waals surface area contributed by atoms with Crippen LogP contribution >= 0.6 is 0 Å². The quantitative estimate of drug-likeness (QED) is 0.819. The molecule has 1 fully saturated rings. The molecule has 2 rings (SSSR count). The van der Waals surface area contributed by atoms with Crippen molar-refractivity contribution in [2.75, 3.05) is 20.3 Å². The summed E-state index contributed by atoms with van der Waals surface area (Å²) in [6.45, 7) is 4.78. The summed E-state index contributed by atoms with van der Waals surface area (Å²) in [6, 6.07) is 8.74. The van der Waals surface area contributed by atoms with Crippen LogP contribution in [0.1, 0.15) is 29.5 Å². The van der Waals surface area contributed by atoms with Crippen LogP contribution in [0.4, 0.5) is 0 Å². The first-order chi connectivity index (χ1) is 8.70. The smallest absolute Gasteiger partial charge is 0.0991 e. The van der Waals surface area contributed by atoms with Gasteiger partial charge in [-0.05, 0) is 50.1 Å². The number of aryl methyl sites for hydroxylation is 1. The van der Waals surface area contributed by atoms with Crippen molar-refractivity contribution in [2.24, 2.45) is 0 Å². The van der Waals surface area contributed by atoms with Gasteiger partial charge in [-0.2, -0.15) is 5.26 Å². The summed E-state index contributed by atoms with van der Waals surface area (Å²) in [4.78, 5) is 2.40. The molecule has 0 N–H and O–H groups in total. The second kappa shape index (κ2) is 5.99. The minimum Gasteiger partial charge on any atom is -0.381 e. The lowest BCUT2D eigenvalue weighted by Crippen LogP contribution is -2.36. The van der Waals surface area contributed by atoms with E-state index in [1.165, 1.54) is 11.1 Å². The maximum Gasteiger partial charge on any atom is 0.0991 e. The average Bonchev–Trinajstić information content (AvgIpc) is 2.42. The van der Waals surface area contributed by atoms with Crippen LogP contribution in [0.25, 0.3) is 0 Å². The third kappa shape index (κ3) is 3.10. The summed E-state index contributed by atoms with van der Waals surface area (Å²) in [5.74, 6) is 0. The van der Waals surface area contributed by atoms with Crippen molar-refractivity contribution in [2.45, 2.75) is 32.4 Å². The van der Waals surface area contributed by atoms with E-state index in [9.17, 15) is 0 Å². The second-order valence-corrected chi connectivity index (χ2v) is 5.01. The van der Waals surface area contributed by atoms with Gasteiger partial charge in [0.25, 0.3) is 0 Å². The standard InChI is InChI=1S/C15H20N2O/c1-12-9-13(10-16)3-4-14(12)11-17(2)15-5-7-18-8-6-15/h3-4,9,15H,5-8,11H2,1-2H3. The molecule has 3 nitrogen and oxygen atoms in total. The Morgan fingerprint density at radius 2 is 2.11 bits per heavy atom. The van der Waals surface area contributed by atoms with Gasteiger partial charge in [0.15, 0.2) is 0 Å². The molecular weight excluding hydrogens is 224 g/mol. The Bertz CT molecular complexity index is 444. The monoisotopic (exact) mass is 244 g/mol. The van der Waals surface area contributed by atoms with Crippen molar-refractivity contribution in [3.05, 3.63) is 34.9 Å². The van der Waals surface area contributed by atoms with Crippen molar-refractivity contribution in [3.8, 4) is 6.07 Å². The fourth-order valence-electron chi connectivity index (χ4n) is 2.47. The van der Waals surface area contributed by atoms with Gasteiger partial charge in [-0.25, -0.2) is 0 Å². The zero-order valence-corrected chi connectivity index (χ0v) is 11.1. The van der Waals surface area contributed by atoms with E-state index in [-0.39, 0.29) is 0 Å². The van der Waals surface area contributed by atoms with Crippen LogP contribution in [0.2, 0.25) is 0 Å². The van der Waals surface area contributed by atoms with Gasteiger partial charge >= 0.3 is 0 Å². The van der Waals surface area contributed by atoms with Crippen LogP contribution < -0.4 is 0 Å². The molecular formula is C15H20N2O. The molecule has 0 saturated carbocycles. The summed E-state index contributed by atoms with van der Waals surface area (Å²) in [5, 5.41) is 8.86. The van der Waals surface area contributed by atoms with Gasteiger partial charge in [-0.3, -0.25) is 4.90 Å². The number of nitriles is 1. The minimum absolute atomic E-state index is 0.619. The predicted octanol–water partition coefficient (Wildman–Crippen LogP) is 2.48. The molecule has 1 saturated heterocycles. The summed E-state index contributed by atoms with van der Waals surface area (Å²) >= 11 is 0. The van der Waals surface area contributed by atoms with Gasteiger partial charge in [0, 0.05) is 25.8 Å². The predicted molar refractivity (Wildman–Crippen MR) is 71.2 cm³/mol. The van der Waals surface area contributed by atoms with Crippen LogP contribution in [-0.4, -0.2) is 31.2 Å². The molecule has 3 heteroatoms. The van der Waals surface area contributed by atoms with Crippen molar-refractivity contribution < 1.29 is 4.74 Å². The van der Waals surface area contributed by atoms with Crippen LogP contribution in [-0.2, 0) is 11.3 Å². The largest absolute Gasteiger partial charge is 0.381 e. The first-order valence-electron chi connectivity index (χ1n) is 6.48. The lowest BCUT2D eigenvalue weighted by Gasteiger charge is -2.31. The van der Waals surface area contributed by atoms with E-state index in [4.69, 9.17) is 10.00 Å². The van der Waals surface area contributed by atoms with Crippen molar-refractivity contribution in [1.82, 2.24) is 4.90 Å². The highest BCUT2D eigenvalue weighted by molar-refractivity contribution is 5.37.